The molecule has 0 unspecified atom stereocenters. The van der Waals surface area contributed by atoms with Gasteiger partial charge in [0.1, 0.15) is 0 Å². The largest absolute Gasteiger partial charge is 0.339 e. The highest BCUT2D eigenvalue weighted by Crippen LogP contribution is 2.27. The van der Waals surface area contributed by atoms with Gasteiger partial charge in [-0.3, -0.25) is 9.52 Å². The van der Waals surface area contributed by atoms with Crippen LogP contribution in [0.15, 0.2) is 54.7 Å². The van der Waals surface area contributed by atoms with Crippen LogP contribution in [0.25, 0.3) is 0 Å². The third kappa shape index (κ3) is 5.75. The van der Waals surface area contributed by atoms with Crippen molar-refractivity contribution in [2.75, 3.05) is 34.7 Å². The number of carbonyl (C=O) groups is 1. The lowest BCUT2D eigenvalue weighted by atomic mass is 10.2. The zero-order valence-corrected chi connectivity index (χ0v) is 18.7. The topological polar surface area (TPSA) is 116 Å². The average Bonchev–Trinajstić information content (AvgIpc) is 3.31. The highest BCUT2D eigenvalue weighted by Gasteiger charge is 2.19. The molecule has 0 radical (unpaired) electrons. The molecule has 1 aliphatic rings. The lowest BCUT2D eigenvalue weighted by Crippen LogP contribution is -2.27. The molecular weight excluding hydrogens is 447 g/mol. The number of nitrogens with zero attached hydrogens (tertiary/aromatic N) is 3. The van der Waals surface area contributed by atoms with E-state index in [2.05, 4.69) is 25.3 Å². The Labute approximate surface area is 191 Å². The molecule has 0 saturated carbocycles. The summed E-state index contributed by atoms with van der Waals surface area (Å²) in [6.07, 6.45) is 4.04. The van der Waals surface area contributed by atoms with Crippen molar-refractivity contribution in [1.82, 2.24) is 14.9 Å². The van der Waals surface area contributed by atoms with Gasteiger partial charge in [0.25, 0.3) is 5.91 Å². The molecule has 172 valence electrons. The molecule has 0 aliphatic carbocycles. The predicted octanol–water partition coefficient (Wildman–Crippen LogP) is 3.71. The molecule has 1 amide bonds. The zero-order valence-electron chi connectivity index (χ0n) is 17.9. The van der Waals surface area contributed by atoms with E-state index in [4.69, 9.17) is 0 Å². The summed E-state index contributed by atoms with van der Waals surface area (Å²) >= 11 is 0. The first-order valence-corrected chi connectivity index (χ1v) is 12.2. The minimum Gasteiger partial charge on any atom is -0.339 e. The van der Waals surface area contributed by atoms with Gasteiger partial charge in [0, 0.05) is 24.3 Å². The van der Waals surface area contributed by atoms with Crippen LogP contribution in [0.1, 0.15) is 23.2 Å². The molecule has 0 atom stereocenters. The molecule has 0 spiro atoms. The summed E-state index contributed by atoms with van der Waals surface area (Å²) in [5, 5.41) is 5.79. The van der Waals surface area contributed by atoms with Crippen LogP contribution in [-0.2, 0) is 10.0 Å². The predicted molar refractivity (Wildman–Crippen MR) is 125 cm³/mol. The van der Waals surface area contributed by atoms with E-state index in [0.29, 0.717) is 16.9 Å². The molecule has 1 aliphatic heterocycles. The summed E-state index contributed by atoms with van der Waals surface area (Å²) in [5.74, 6) is -0.779. The highest BCUT2D eigenvalue weighted by atomic mass is 32.2. The second-order valence-electron chi connectivity index (χ2n) is 7.64. The minimum absolute atomic E-state index is 0.0338. The Kier molecular flexibility index (Phi) is 6.40. The fraction of sp³-hybridized carbons (Fsp3) is 0.227. The van der Waals surface area contributed by atoms with Gasteiger partial charge >= 0.3 is 0 Å². The number of para-hydroxylation sites is 2. The van der Waals surface area contributed by atoms with Gasteiger partial charge in [-0.15, -0.1) is 0 Å². The summed E-state index contributed by atoms with van der Waals surface area (Å²) in [6, 6.07) is 13.4. The summed E-state index contributed by atoms with van der Waals surface area (Å²) < 4.78 is 40.0. The summed E-state index contributed by atoms with van der Waals surface area (Å²) in [5.41, 5.74) is 1.70. The first-order chi connectivity index (χ1) is 15.8. The van der Waals surface area contributed by atoms with E-state index >= 15 is 0 Å². The summed E-state index contributed by atoms with van der Waals surface area (Å²) in [6.45, 7) is 1.50. The number of anilines is 5. The van der Waals surface area contributed by atoms with Crippen LogP contribution in [0.3, 0.4) is 0 Å². The Morgan fingerprint density at radius 1 is 1.03 bits per heavy atom. The number of hydrogen-bond acceptors (Lipinski definition) is 7. The van der Waals surface area contributed by atoms with Crippen LogP contribution in [-0.4, -0.2) is 48.5 Å². The fourth-order valence-corrected chi connectivity index (χ4v) is 4.06. The van der Waals surface area contributed by atoms with Gasteiger partial charge in [0.15, 0.2) is 11.6 Å². The van der Waals surface area contributed by atoms with Gasteiger partial charge in [0.05, 0.1) is 23.8 Å². The molecule has 2 heterocycles. The van der Waals surface area contributed by atoms with Crippen LogP contribution >= 0.6 is 0 Å². The van der Waals surface area contributed by atoms with Crippen molar-refractivity contribution in [3.05, 3.63) is 66.1 Å². The minimum atomic E-state index is -3.53. The van der Waals surface area contributed by atoms with E-state index in [1.165, 1.54) is 0 Å². The molecule has 1 aromatic heterocycles. The normalized spacial score (nSPS) is 13.6. The fourth-order valence-electron chi connectivity index (χ4n) is 3.49. The van der Waals surface area contributed by atoms with Crippen molar-refractivity contribution in [2.24, 2.45) is 0 Å². The summed E-state index contributed by atoms with van der Waals surface area (Å²) in [7, 11) is -3.53. The number of sulfonamides is 1. The molecule has 1 fully saturated rings. The van der Waals surface area contributed by atoms with E-state index < -0.39 is 15.8 Å². The van der Waals surface area contributed by atoms with Crippen molar-refractivity contribution in [3.8, 4) is 0 Å². The number of rotatable bonds is 7. The monoisotopic (exact) mass is 470 g/mol. The average molecular weight is 471 g/mol. The van der Waals surface area contributed by atoms with E-state index in [9.17, 15) is 17.6 Å². The van der Waals surface area contributed by atoms with Gasteiger partial charge in [-0.05, 0) is 43.2 Å². The maximum Gasteiger partial charge on any atom is 0.253 e. The van der Waals surface area contributed by atoms with Crippen LogP contribution in [0.4, 0.5) is 33.2 Å². The van der Waals surface area contributed by atoms with Gasteiger partial charge in [-0.25, -0.2) is 17.8 Å². The Morgan fingerprint density at radius 3 is 2.48 bits per heavy atom. The van der Waals surface area contributed by atoms with Crippen LogP contribution in [0.5, 0.6) is 0 Å². The van der Waals surface area contributed by atoms with Crippen LogP contribution in [0, 0.1) is 5.82 Å². The lowest BCUT2D eigenvalue weighted by Gasteiger charge is -2.16. The molecule has 9 nitrogen and oxygen atoms in total. The molecule has 2 aromatic carbocycles. The molecule has 3 aromatic rings. The molecule has 1 saturated heterocycles. The zero-order chi connectivity index (χ0) is 23.4. The Bertz CT molecular complexity index is 1280. The van der Waals surface area contributed by atoms with Crippen LogP contribution in [0.2, 0.25) is 0 Å². The second-order valence-corrected chi connectivity index (χ2v) is 9.39. The van der Waals surface area contributed by atoms with Crippen molar-refractivity contribution >= 4 is 44.8 Å². The van der Waals surface area contributed by atoms with E-state index in [-0.39, 0.29) is 23.4 Å². The molecule has 3 N–H and O–H groups in total. The third-order valence-electron chi connectivity index (χ3n) is 4.98. The van der Waals surface area contributed by atoms with Gasteiger partial charge in [-0.1, -0.05) is 18.2 Å². The highest BCUT2D eigenvalue weighted by molar-refractivity contribution is 7.92. The third-order valence-corrected chi connectivity index (χ3v) is 5.57. The number of amides is 1. The van der Waals surface area contributed by atoms with E-state index in [0.717, 1.165) is 38.4 Å². The first-order valence-electron chi connectivity index (χ1n) is 10.3. The van der Waals surface area contributed by atoms with Gasteiger partial charge in [-0.2, -0.15) is 4.98 Å². The van der Waals surface area contributed by atoms with Crippen molar-refractivity contribution in [2.45, 2.75) is 12.8 Å². The Hall–Kier alpha value is -3.73. The quantitative estimate of drug-likeness (QED) is 0.482. The molecular formula is C22H23FN6O3S. The second kappa shape index (κ2) is 9.41. The number of hydrogen-bond donors (Lipinski definition) is 3. The molecule has 33 heavy (non-hydrogen) atoms. The Balaban J connectivity index is 1.54. The van der Waals surface area contributed by atoms with E-state index in [1.807, 2.05) is 4.90 Å². The summed E-state index contributed by atoms with van der Waals surface area (Å²) in [4.78, 5) is 22.6. The lowest BCUT2D eigenvalue weighted by molar-refractivity contribution is 0.0793. The number of nitrogens with one attached hydrogen (secondary N) is 3. The smallest absolute Gasteiger partial charge is 0.253 e. The SMILES string of the molecule is CS(=O)(=O)Nc1ccccc1Nc1nc(Nc2cccc(C(=O)N3CCCC3)c2)ncc1F. The molecule has 0 bridgehead atoms. The maximum atomic E-state index is 14.4. The number of carbonyl (C=O) groups excluding carboxylic acids is 1. The number of benzene rings is 2. The number of halogens is 1. The number of likely N-dealkylation sites (tertiary alicyclic amines) is 1. The van der Waals surface area contributed by atoms with Crippen molar-refractivity contribution in [1.29, 1.82) is 0 Å². The Morgan fingerprint density at radius 2 is 1.76 bits per heavy atom. The van der Waals surface area contributed by atoms with Crippen molar-refractivity contribution < 1.29 is 17.6 Å². The first kappa shape index (κ1) is 22.5. The van der Waals surface area contributed by atoms with Crippen molar-refractivity contribution in [3.63, 3.8) is 0 Å². The number of aromatic nitrogens is 2. The van der Waals surface area contributed by atoms with Crippen LogP contribution < -0.4 is 15.4 Å². The van der Waals surface area contributed by atoms with E-state index in [1.54, 1.807) is 48.5 Å². The van der Waals surface area contributed by atoms with Gasteiger partial charge < -0.3 is 15.5 Å². The standard InChI is InChI=1S/C22H23FN6O3S/c1-33(31,32)28-19-10-3-2-9-18(19)26-20-17(23)14-24-22(27-20)25-16-8-6-7-15(13-16)21(30)29-11-4-5-12-29/h2-3,6-10,13-14,28H,4-5,11-12H2,1H3,(H2,24,25,26,27). The molecule has 11 heteroatoms. The molecule has 4 rings (SSSR count). The maximum absolute atomic E-state index is 14.4. The van der Waals surface area contributed by atoms with Gasteiger partial charge in [0.2, 0.25) is 16.0 Å².